The topological polar surface area (TPSA) is 105 Å². The monoisotopic (exact) mass is 192 g/mol. The van der Waals surface area contributed by atoms with Crippen molar-refractivity contribution < 1.29 is 4.79 Å². The number of rotatable bonds is 2. The van der Waals surface area contributed by atoms with Crippen LogP contribution in [0, 0.1) is 5.41 Å². The molecule has 0 fully saturated rings. The molecule has 0 unspecified atom stereocenters. The maximum Gasteiger partial charge on any atom is 0.221 e. The zero-order valence-corrected chi connectivity index (χ0v) is 7.79. The Balaban J connectivity index is 3.00. The molecule has 0 radical (unpaired) electrons. The zero-order chi connectivity index (χ0) is 10.7. The van der Waals surface area contributed by atoms with E-state index in [1.165, 1.54) is 6.92 Å². The van der Waals surface area contributed by atoms with Crippen LogP contribution in [0.3, 0.4) is 0 Å². The van der Waals surface area contributed by atoms with Crippen molar-refractivity contribution in [2.75, 3.05) is 11.1 Å². The molecule has 74 valence electrons. The first-order valence-corrected chi connectivity index (χ1v) is 4.02. The Kier molecular flexibility index (Phi) is 2.71. The van der Waals surface area contributed by atoms with Crippen LogP contribution in [-0.4, -0.2) is 11.7 Å². The van der Waals surface area contributed by atoms with Crippen LogP contribution in [0.4, 0.5) is 11.4 Å². The number of carbonyl (C=O) groups excluding carboxylic acids is 1. The first kappa shape index (κ1) is 10.0. The van der Waals surface area contributed by atoms with Gasteiger partial charge in [0.25, 0.3) is 0 Å². The van der Waals surface area contributed by atoms with Gasteiger partial charge in [-0.25, -0.2) is 0 Å². The van der Waals surface area contributed by atoms with E-state index in [0.29, 0.717) is 16.9 Å². The van der Waals surface area contributed by atoms with Crippen LogP contribution < -0.4 is 16.8 Å². The predicted molar refractivity (Wildman–Crippen MR) is 56.2 cm³/mol. The Hall–Kier alpha value is -2.04. The van der Waals surface area contributed by atoms with E-state index in [1.807, 2.05) is 0 Å². The smallest absolute Gasteiger partial charge is 0.221 e. The summed E-state index contributed by atoms with van der Waals surface area (Å²) < 4.78 is 0. The zero-order valence-electron chi connectivity index (χ0n) is 7.79. The van der Waals surface area contributed by atoms with Gasteiger partial charge in [-0.2, -0.15) is 0 Å². The molecular weight excluding hydrogens is 180 g/mol. The molecule has 1 rings (SSSR count). The lowest BCUT2D eigenvalue weighted by Gasteiger charge is -2.06. The maximum atomic E-state index is 10.7. The quantitative estimate of drug-likeness (QED) is 0.311. The summed E-state index contributed by atoms with van der Waals surface area (Å²) in [6, 6.07) is 4.82. The Morgan fingerprint density at radius 1 is 1.50 bits per heavy atom. The summed E-state index contributed by atoms with van der Waals surface area (Å²) >= 11 is 0. The fourth-order valence-electron chi connectivity index (χ4n) is 1.09. The van der Waals surface area contributed by atoms with Crippen LogP contribution in [0.5, 0.6) is 0 Å². The van der Waals surface area contributed by atoms with Gasteiger partial charge in [0, 0.05) is 23.9 Å². The molecule has 0 bridgehead atoms. The SMILES string of the molecule is CC(=O)Nc1ccc(C(=N)N)c(N)c1. The first-order valence-electron chi connectivity index (χ1n) is 4.02. The second kappa shape index (κ2) is 3.78. The van der Waals surface area contributed by atoms with Gasteiger partial charge in [0.05, 0.1) is 0 Å². The summed E-state index contributed by atoms with van der Waals surface area (Å²) in [6.07, 6.45) is 0. The van der Waals surface area contributed by atoms with Gasteiger partial charge in [0.1, 0.15) is 5.84 Å². The molecule has 0 aliphatic rings. The van der Waals surface area contributed by atoms with Gasteiger partial charge in [-0.05, 0) is 18.2 Å². The van der Waals surface area contributed by atoms with Gasteiger partial charge in [-0.15, -0.1) is 0 Å². The number of hydrogen-bond acceptors (Lipinski definition) is 3. The predicted octanol–water partition coefficient (Wildman–Crippen LogP) is 0.511. The minimum absolute atomic E-state index is 0.0862. The van der Waals surface area contributed by atoms with E-state index in [1.54, 1.807) is 18.2 Å². The number of carbonyl (C=O) groups is 1. The van der Waals surface area contributed by atoms with E-state index < -0.39 is 0 Å². The molecule has 0 aromatic heterocycles. The van der Waals surface area contributed by atoms with Crippen LogP contribution in [0.15, 0.2) is 18.2 Å². The van der Waals surface area contributed by atoms with Crippen molar-refractivity contribution >= 4 is 23.1 Å². The number of hydrogen-bond donors (Lipinski definition) is 4. The first-order chi connectivity index (χ1) is 6.50. The van der Waals surface area contributed by atoms with E-state index in [-0.39, 0.29) is 11.7 Å². The summed E-state index contributed by atoms with van der Waals surface area (Å²) in [7, 11) is 0. The number of amides is 1. The molecule has 0 heterocycles. The second-order valence-electron chi connectivity index (χ2n) is 2.90. The van der Waals surface area contributed by atoms with Crippen LogP contribution >= 0.6 is 0 Å². The van der Waals surface area contributed by atoms with Crippen LogP contribution in [0.2, 0.25) is 0 Å². The van der Waals surface area contributed by atoms with E-state index in [4.69, 9.17) is 16.9 Å². The van der Waals surface area contributed by atoms with E-state index in [0.717, 1.165) is 0 Å². The van der Waals surface area contributed by atoms with Gasteiger partial charge in [-0.1, -0.05) is 0 Å². The fraction of sp³-hybridized carbons (Fsp3) is 0.111. The standard InChI is InChI=1S/C9H12N4O/c1-5(14)13-6-2-3-7(9(11)12)8(10)4-6/h2-4H,10H2,1H3,(H3,11,12)(H,13,14). The summed E-state index contributed by atoms with van der Waals surface area (Å²) in [5.41, 5.74) is 12.4. The van der Waals surface area contributed by atoms with Gasteiger partial charge in [-0.3, -0.25) is 10.2 Å². The van der Waals surface area contributed by atoms with Crippen molar-refractivity contribution in [3.63, 3.8) is 0 Å². The second-order valence-corrected chi connectivity index (χ2v) is 2.90. The Labute approximate surface area is 81.6 Å². The number of benzene rings is 1. The number of nitrogen functional groups attached to an aromatic ring is 2. The summed E-state index contributed by atoms with van der Waals surface area (Å²) in [5.74, 6) is -0.253. The van der Waals surface area contributed by atoms with Crippen molar-refractivity contribution in [1.29, 1.82) is 5.41 Å². The molecule has 1 aromatic rings. The number of nitrogens with two attached hydrogens (primary N) is 2. The molecule has 6 N–H and O–H groups in total. The molecule has 0 saturated heterocycles. The molecule has 1 amide bonds. The summed E-state index contributed by atoms with van der Waals surface area (Å²) in [5, 5.41) is 9.78. The summed E-state index contributed by atoms with van der Waals surface area (Å²) in [4.78, 5) is 10.7. The average Bonchev–Trinajstić information content (AvgIpc) is 2.01. The van der Waals surface area contributed by atoms with E-state index >= 15 is 0 Å². The number of nitrogens with one attached hydrogen (secondary N) is 2. The molecule has 0 aliphatic heterocycles. The molecule has 0 atom stereocenters. The minimum atomic E-state index is -0.167. The van der Waals surface area contributed by atoms with Gasteiger partial charge < -0.3 is 16.8 Å². The van der Waals surface area contributed by atoms with Crippen molar-refractivity contribution in [2.45, 2.75) is 6.92 Å². The molecule has 5 heteroatoms. The Morgan fingerprint density at radius 3 is 2.57 bits per heavy atom. The molecular formula is C9H12N4O. The molecule has 0 saturated carbocycles. The average molecular weight is 192 g/mol. The maximum absolute atomic E-state index is 10.7. The molecule has 14 heavy (non-hydrogen) atoms. The van der Waals surface area contributed by atoms with Crippen LogP contribution in [-0.2, 0) is 4.79 Å². The van der Waals surface area contributed by atoms with E-state index in [9.17, 15) is 4.79 Å². The number of anilines is 2. The number of amidine groups is 1. The normalized spacial score (nSPS) is 9.50. The van der Waals surface area contributed by atoms with Crippen LogP contribution in [0.25, 0.3) is 0 Å². The third kappa shape index (κ3) is 2.22. The van der Waals surface area contributed by atoms with Crippen LogP contribution in [0.1, 0.15) is 12.5 Å². The third-order valence-electron chi connectivity index (χ3n) is 1.66. The van der Waals surface area contributed by atoms with Crippen molar-refractivity contribution in [1.82, 2.24) is 0 Å². The van der Waals surface area contributed by atoms with Crippen molar-refractivity contribution in [3.05, 3.63) is 23.8 Å². The lowest BCUT2D eigenvalue weighted by atomic mass is 10.1. The summed E-state index contributed by atoms with van der Waals surface area (Å²) in [6.45, 7) is 1.41. The van der Waals surface area contributed by atoms with Gasteiger partial charge in [0.2, 0.25) is 5.91 Å². The third-order valence-corrected chi connectivity index (χ3v) is 1.66. The molecule has 0 aliphatic carbocycles. The highest BCUT2D eigenvalue weighted by Crippen LogP contribution is 2.17. The Bertz CT molecular complexity index is 386. The molecule has 5 nitrogen and oxygen atoms in total. The minimum Gasteiger partial charge on any atom is -0.398 e. The lowest BCUT2D eigenvalue weighted by molar-refractivity contribution is -0.114. The lowest BCUT2D eigenvalue weighted by Crippen LogP contribution is -2.14. The van der Waals surface area contributed by atoms with E-state index in [2.05, 4.69) is 5.32 Å². The fourth-order valence-corrected chi connectivity index (χ4v) is 1.09. The highest BCUT2D eigenvalue weighted by Gasteiger charge is 2.03. The van der Waals surface area contributed by atoms with Crippen molar-refractivity contribution in [3.8, 4) is 0 Å². The van der Waals surface area contributed by atoms with Gasteiger partial charge in [0.15, 0.2) is 0 Å². The highest BCUT2D eigenvalue weighted by atomic mass is 16.1. The largest absolute Gasteiger partial charge is 0.398 e. The Morgan fingerprint density at radius 2 is 2.14 bits per heavy atom. The van der Waals surface area contributed by atoms with Gasteiger partial charge >= 0.3 is 0 Å². The molecule has 1 aromatic carbocycles. The molecule has 0 spiro atoms. The van der Waals surface area contributed by atoms with Crippen molar-refractivity contribution in [2.24, 2.45) is 5.73 Å². The highest BCUT2D eigenvalue weighted by molar-refractivity contribution is 6.01.